The predicted octanol–water partition coefficient (Wildman–Crippen LogP) is 5.48. The van der Waals surface area contributed by atoms with Gasteiger partial charge in [0, 0.05) is 6.61 Å². The van der Waals surface area contributed by atoms with Crippen molar-refractivity contribution in [1.82, 2.24) is 9.80 Å². The zero-order valence-corrected chi connectivity index (χ0v) is 19.8. The van der Waals surface area contributed by atoms with Crippen molar-refractivity contribution in [2.24, 2.45) is 5.41 Å². The van der Waals surface area contributed by atoms with Gasteiger partial charge in [0.1, 0.15) is 0 Å². The molecule has 4 heteroatoms. The second kappa shape index (κ2) is 13.3. The molecule has 0 bridgehead atoms. The Morgan fingerprint density at radius 1 is 0.840 bits per heavy atom. The van der Waals surface area contributed by atoms with Crippen LogP contribution in [-0.2, 0) is 4.43 Å². The van der Waals surface area contributed by atoms with E-state index < -0.39 is 8.32 Å². The van der Waals surface area contributed by atoms with Gasteiger partial charge in [0.2, 0.25) is 0 Å². The van der Waals surface area contributed by atoms with Crippen molar-refractivity contribution in [1.29, 1.82) is 0 Å². The van der Waals surface area contributed by atoms with Gasteiger partial charge in [0.15, 0.2) is 8.32 Å². The summed E-state index contributed by atoms with van der Waals surface area (Å²) in [6.07, 6.45) is 9.30. The third-order valence-electron chi connectivity index (χ3n) is 5.73. The lowest BCUT2D eigenvalue weighted by molar-refractivity contribution is 0.186. The number of unbranched alkanes of at least 4 members (excludes halogenated alkanes) is 3. The van der Waals surface area contributed by atoms with Crippen LogP contribution in [0.4, 0.5) is 0 Å². The van der Waals surface area contributed by atoms with Gasteiger partial charge < -0.3 is 14.2 Å². The van der Waals surface area contributed by atoms with Gasteiger partial charge in [0.05, 0.1) is 0 Å². The summed E-state index contributed by atoms with van der Waals surface area (Å²) in [6.45, 7) is 12.7. The molecule has 0 aromatic heterocycles. The van der Waals surface area contributed by atoms with E-state index in [0.717, 1.165) is 6.61 Å². The molecule has 0 aliphatic heterocycles. The highest BCUT2D eigenvalue weighted by Gasteiger charge is 2.39. The van der Waals surface area contributed by atoms with Gasteiger partial charge in [-0.25, -0.2) is 0 Å². The van der Waals surface area contributed by atoms with E-state index in [4.69, 9.17) is 4.43 Å². The van der Waals surface area contributed by atoms with E-state index in [1.54, 1.807) is 0 Å². The molecule has 0 heterocycles. The molecule has 1 atom stereocenters. The number of rotatable bonds is 16. The zero-order valence-electron chi connectivity index (χ0n) is 18.8. The Morgan fingerprint density at radius 3 is 1.80 bits per heavy atom. The fourth-order valence-corrected chi connectivity index (χ4v) is 8.29. The minimum atomic E-state index is -1.64. The normalized spacial score (nSPS) is 15.1. The van der Waals surface area contributed by atoms with Crippen molar-refractivity contribution < 1.29 is 4.43 Å². The van der Waals surface area contributed by atoms with Crippen molar-refractivity contribution in [2.75, 3.05) is 47.9 Å². The first kappa shape index (κ1) is 25.1. The third kappa shape index (κ3) is 11.4. The molecule has 0 aromatic carbocycles. The van der Waals surface area contributed by atoms with Crippen LogP contribution < -0.4 is 0 Å². The molecule has 1 unspecified atom stereocenters. The smallest absolute Gasteiger partial charge is 0.190 e. The SMILES string of the molecule is CCCCCC[Si](C)(CC(CC)(CCN(C)C)CCN(C)C)OCC. The first-order valence-electron chi connectivity index (χ1n) is 10.7. The first-order valence-corrected chi connectivity index (χ1v) is 13.5. The molecular formula is C21H48N2OSi. The molecule has 0 aliphatic carbocycles. The van der Waals surface area contributed by atoms with E-state index in [1.165, 1.54) is 70.1 Å². The molecular weight excluding hydrogens is 324 g/mol. The highest BCUT2D eigenvalue weighted by Crippen LogP contribution is 2.42. The van der Waals surface area contributed by atoms with Gasteiger partial charge in [0.25, 0.3) is 0 Å². The van der Waals surface area contributed by atoms with Gasteiger partial charge in [-0.3, -0.25) is 0 Å². The molecule has 3 nitrogen and oxygen atoms in total. The van der Waals surface area contributed by atoms with Crippen molar-refractivity contribution >= 4 is 8.32 Å². The Balaban J connectivity index is 5.12. The molecule has 0 N–H and O–H groups in total. The number of hydrogen-bond donors (Lipinski definition) is 0. The average molecular weight is 373 g/mol. The standard InChI is InChI=1S/C21H48N2OSi/c1-9-12-13-14-19-25(8,24-11-3)20-21(10-2,15-17-22(4)5)16-18-23(6)7/h9-20H2,1-8H3. The summed E-state index contributed by atoms with van der Waals surface area (Å²) in [5.74, 6) is 0. The van der Waals surface area contributed by atoms with Crippen molar-refractivity contribution in [2.45, 2.75) is 84.4 Å². The fraction of sp³-hybridized carbons (Fsp3) is 1.00. The molecule has 0 saturated carbocycles. The van der Waals surface area contributed by atoms with Gasteiger partial charge in [-0.1, -0.05) is 46.0 Å². The molecule has 0 rings (SSSR count). The number of nitrogens with zero attached hydrogens (tertiary/aromatic N) is 2. The van der Waals surface area contributed by atoms with Crippen LogP contribution in [0.1, 0.15) is 65.7 Å². The van der Waals surface area contributed by atoms with E-state index in [1.807, 2.05) is 0 Å². The van der Waals surface area contributed by atoms with E-state index in [9.17, 15) is 0 Å². The maximum atomic E-state index is 6.49. The van der Waals surface area contributed by atoms with Crippen LogP contribution >= 0.6 is 0 Å². The molecule has 0 spiro atoms. The van der Waals surface area contributed by atoms with E-state index >= 15 is 0 Å². The van der Waals surface area contributed by atoms with Gasteiger partial charge in [-0.15, -0.1) is 0 Å². The minimum absolute atomic E-state index is 0.440. The van der Waals surface area contributed by atoms with E-state index in [-0.39, 0.29) is 0 Å². The largest absolute Gasteiger partial charge is 0.417 e. The summed E-state index contributed by atoms with van der Waals surface area (Å²) in [6, 6.07) is 2.67. The third-order valence-corrected chi connectivity index (χ3v) is 9.62. The van der Waals surface area contributed by atoms with Crippen LogP contribution in [0.25, 0.3) is 0 Å². The maximum Gasteiger partial charge on any atom is 0.190 e. The van der Waals surface area contributed by atoms with Crippen molar-refractivity contribution in [3.63, 3.8) is 0 Å². The van der Waals surface area contributed by atoms with Gasteiger partial charge in [-0.05, 0) is 85.1 Å². The van der Waals surface area contributed by atoms with Crippen LogP contribution in [0.15, 0.2) is 0 Å². The Bertz CT molecular complexity index is 311. The van der Waals surface area contributed by atoms with Crippen LogP contribution in [0.5, 0.6) is 0 Å². The molecule has 0 saturated heterocycles. The highest BCUT2D eigenvalue weighted by molar-refractivity contribution is 6.72. The lowest BCUT2D eigenvalue weighted by atomic mass is 9.80. The highest BCUT2D eigenvalue weighted by atomic mass is 28.4. The quantitative estimate of drug-likeness (QED) is 0.263. The van der Waals surface area contributed by atoms with Crippen molar-refractivity contribution in [3.8, 4) is 0 Å². The van der Waals surface area contributed by atoms with Gasteiger partial charge in [-0.2, -0.15) is 0 Å². The van der Waals surface area contributed by atoms with E-state index in [2.05, 4.69) is 65.3 Å². The Kier molecular flexibility index (Phi) is 13.3. The van der Waals surface area contributed by atoms with Crippen LogP contribution in [0, 0.1) is 5.41 Å². The molecule has 0 amide bonds. The first-order chi connectivity index (χ1) is 11.7. The lowest BCUT2D eigenvalue weighted by Crippen LogP contribution is -2.43. The average Bonchev–Trinajstić information content (AvgIpc) is 2.54. The molecule has 0 aromatic rings. The molecule has 25 heavy (non-hydrogen) atoms. The second-order valence-corrected chi connectivity index (χ2v) is 12.9. The second-order valence-electron chi connectivity index (χ2n) is 8.83. The minimum Gasteiger partial charge on any atom is -0.417 e. The topological polar surface area (TPSA) is 15.7 Å². The lowest BCUT2D eigenvalue weighted by Gasteiger charge is -2.41. The Morgan fingerprint density at radius 2 is 1.40 bits per heavy atom. The summed E-state index contributed by atoms with van der Waals surface area (Å²) in [5, 5.41) is 0. The molecule has 152 valence electrons. The maximum absolute atomic E-state index is 6.49. The predicted molar refractivity (Wildman–Crippen MR) is 116 cm³/mol. The summed E-state index contributed by atoms with van der Waals surface area (Å²) in [4.78, 5) is 4.70. The fourth-order valence-electron chi connectivity index (χ4n) is 3.98. The zero-order chi connectivity index (χ0) is 19.3. The van der Waals surface area contributed by atoms with Crippen molar-refractivity contribution in [3.05, 3.63) is 0 Å². The Hall–Kier alpha value is 0.0969. The van der Waals surface area contributed by atoms with Crippen LogP contribution in [0.3, 0.4) is 0 Å². The summed E-state index contributed by atoms with van der Waals surface area (Å²) >= 11 is 0. The summed E-state index contributed by atoms with van der Waals surface area (Å²) in [7, 11) is 7.18. The summed E-state index contributed by atoms with van der Waals surface area (Å²) < 4.78 is 6.49. The Labute approximate surface area is 160 Å². The molecule has 0 radical (unpaired) electrons. The van der Waals surface area contributed by atoms with Gasteiger partial charge >= 0.3 is 0 Å². The summed E-state index contributed by atoms with van der Waals surface area (Å²) in [5.41, 5.74) is 0.440. The van der Waals surface area contributed by atoms with Crippen LogP contribution in [0.2, 0.25) is 18.6 Å². The molecule has 0 fully saturated rings. The monoisotopic (exact) mass is 372 g/mol. The molecule has 0 aliphatic rings. The van der Waals surface area contributed by atoms with E-state index in [0.29, 0.717) is 5.41 Å². The van der Waals surface area contributed by atoms with Crippen LogP contribution in [-0.4, -0.2) is 66.0 Å². The number of hydrogen-bond acceptors (Lipinski definition) is 3.